The summed E-state index contributed by atoms with van der Waals surface area (Å²) in [6.07, 6.45) is 11.0. The molecular formula is C36H41N3O5. The highest BCUT2D eigenvalue weighted by Crippen LogP contribution is 2.41. The Morgan fingerprint density at radius 1 is 1.09 bits per heavy atom. The van der Waals surface area contributed by atoms with Gasteiger partial charge < -0.3 is 18.9 Å². The van der Waals surface area contributed by atoms with E-state index in [1.807, 2.05) is 38.1 Å². The van der Waals surface area contributed by atoms with Crippen molar-refractivity contribution < 1.29 is 19.1 Å². The van der Waals surface area contributed by atoms with E-state index in [4.69, 9.17) is 14.5 Å². The minimum atomic E-state index is -0.866. The molecule has 5 heterocycles. The van der Waals surface area contributed by atoms with Gasteiger partial charge in [-0.1, -0.05) is 26.3 Å². The van der Waals surface area contributed by atoms with E-state index < -0.39 is 5.41 Å². The van der Waals surface area contributed by atoms with Crippen molar-refractivity contribution in [1.29, 1.82) is 0 Å². The van der Waals surface area contributed by atoms with Crippen LogP contribution in [0.15, 0.2) is 40.7 Å². The molecule has 2 unspecified atom stereocenters. The number of rotatable bonds is 5. The van der Waals surface area contributed by atoms with E-state index in [0.29, 0.717) is 30.3 Å². The molecule has 44 heavy (non-hydrogen) atoms. The highest BCUT2D eigenvalue weighted by Gasteiger charge is 2.43. The summed E-state index contributed by atoms with van der Waals surface area (Å²) in [5.74, 6) is -0.0513. The van der Waals surface area contributed by atoms with Gasteiger partial charge in [-0.3, -0.25) is 9.59 Å². The fourth-order valence-corrected chi connectivity index (χ4v) is 7.80. The van der Waals surface area contributed by atoms with Gasteiger partial charge in [0, 0.05) is 22.6 Å². The Bertz CT molecular complexity index is 1770. The molecule has 0 saturated carbocycles. The molecule has 0 amide bonds. The Balaban J connectivity index is 1.18. The van der Waals surface area contributed by atoms with Crippen molar-refractivity contribution in [3.63, 3.8) is 0 Å². The topological polar surface area (TPSA) is 90.7 Å². The number of cyclic esters (lactones) is 1. The van der Waals surface area contributed by atoms with Crippen LogP contribution >= 0.6 is 0 Å². The van der Waals surface area contributed by atoms with Crippen LogP contribution in [0.25, 0.3) is 22.3 Å². The van der Waals surface area contributed by atoms with Gasteiger partial charge in [-0.2, -0.15) is 0 Å². The minimum absolute atomic E-state index is 0.000666. The maximum Gasteiger partial charge on any atom is 0.339 e. The summed E-state index contributed by atoms with van der Waals surface area (Å²) in [7, 11) is 0. The number of pyridine rings is 2. The number of hydrogen-bond acceptors (Lipinski definition) is 7. The van der Waals surface area contributed by atoms with Gasteiger partial charge in [0.15, 0.2) is 0 Å². The molecule has 0 radical (unpaired) electrons. The zero-order valence-electron chi connectivity index (χ0n) is 26.0. The number of carbonyl (C=O) groups excluding carboxylic acids is 2. The average molecular weight is 596 g/mol. The van der Waals surface area contributed by atoms with E-state index in [1.54, 1.807) is 4.57 Å². The van der Waals surface area contributed by atoms with Gasteiger partial charge in [0.1, 0.15) is 12.4 Å². The lowest BCUT2D eigenvalue weighted by atomic mass is 9.76. The van der Waals surface area contributed by atoms with E-state index in [9.17, 15) is 14.4 Å². The third-order valence-corrected chi connectivity index (χ3v) is 10.6. The largest absolute Gasteiger partial charge is 0.460 e. The van der Waals surface area contributed by atoms with Crippen molar-refractivity contribution in [2.24, 2.45) is 0 Å². The second kappa shape index (κ2) is 11.3. The molecule has 0 bridgehead atoms. The van der Waals surface area contributed by atoms with Crippen LogP contribution in [0.3, 0.4) is 0 Å². The Kier molecular flexibility index (Phi) is 7.43. The van der Waals surface area contributed by atoms with Gasteiger partial charge in [0.2, 0.25) is 0 Å². The highest BCUT2D eigenvalue weighted by atomic mass is 16.5. The summed E-state index contributed by atoms with van der Waals surface area (Å²) in [6.45, 7) is 8.65. The maximum atomic E-state index is 13.7. The average Bonchev–Trinajstić information content (AvgIpc) is 3.22. The smallest absolute Gasteiger partial charge is 0.339 e. The molecule has 0 N–H and O–H groups in total. The summed E-state index contributed by atoms with van der Waals surface area (Å²) < 4.78 is 13.2. The molecule has 0 spiro atoms. The molecule has 2 atom stereocenters. The number of likely N-dealkylation sites (tertiary alicyclic amines) is 1. The second-order valence-corrected chi connectivity index (χ2v) is 13.0. The van der Waals surface area contributed by atoms with Crippen LogP contribution in [0.1, 0.15) is 94.4 Å². The quantitative estimate of drug-likeness (QED) is 0.207. The lowest BCUT2D eigenvalue weighted by molar-refractivity contribution is -0.153. The molecule has 7 rings (SSSR count). The maximum absolute atomic E-state index is 13.7. The molecule has 230 valence electrons. The molecule has 1 aliphatic carbocycles. The van der Waals surface area contributed by atoms with Crippen molar-refractivity contribution in [2.45, 2.75) is 103 Å². The van der Waals surface area contributed by atoms with Crippen molar-refractivity contribution in [3.8, 4) is 17.1 Å². The van der Waals surface area contributed by atoms with Crippen LogP contribution in [-0.4, -0.2) is 45.5 Å². The first-order chi connectivity index (χ1) is 21.3. The van der Waals surface area contributed by atoms with Gasteiger partial charge in [0.05, 0.1) is 34.4 Å². The molecule has 1 aromatic carbocycles. The predicted molar refractivity (Wildman–Crippen MR) is 169 cm³/mol. The number of piperidine rings is 1. The van der Waals surface area contributed by atoms with Crippen LogP contribution in [0.2, 0.25) is 0 Å². The van der Waals surface area contributed by atoms with Gasteiger partial charge in [-0.15, -0.1) is 0 Å². The molecule has 3 aliphatic heterocycles. The SMILES string of the molecule is CCc1c2c(nc3ccc(OC(=O)C4=CCCC(N5CCCCC5)CC4)cc13)-c1cc3c(c(=O)n1C2)COC(=O)C3(C)CC. The van der Waals surface area contributed by atoms with Crippen LogP contribution in [0, 0.1) is 0 Å². The first kappa shape index (κ1) is 29.0. The molecule has 3 aromatic rings. The monoisotopic (exact) mass is 595 g/mol. The van der Waals surface area contributed by atoms with Crippen LogP contribution in [0.4, 0.5) is 0 Å². The Labute approximate surface area is 258 Å². The molecular weight excluding hydrogens is 554 g/mol. The van der Waals surface area contributed by atoms with E-state index in [2.05, 4.69) is 17.9 Å². The fourth-order valence-electron chi connectivity index (χ4n) is 7.80. The van der Waals surface area contributed by atoms with E-state index in [-0.39, 0.29) is 24.1 Å². The van der Waals surface area contributed by atoms with Gasteiger partial charge in [-0.05, 0) is 107 Å². The Morgan fingerprint density at radius 3 is 2.68 bits per heavy atom. The number of hydrogen-bond donors (Lipinski definition) is 0. The van der Waals surface area contributed by atoms with Crippen LogP contribution < -0.4 is 10.3 Å². The number of carbonyl (C=O) groups is 2. The summed E-state index contributed by atoms with van der Waals surface area (Å²) >= 11 is 0. The fraction of sp³-hybridized carbons (Fsp3) is 0.500. The standard InChI is InChI=1S/C36H41N3O5/c1-4-25-26-18-24(44-34(41)22-10-9-11-23(13-12-22)38-16-7-6-8-17-38)14-15-30(26)37-32-27(25)20-39-31(32)19-29-28(33(39)40)21-43-35(42)36(29,3)5-2/h10,14-15,18-19,23H,4-9,11-13,16-17,20-21H2,1-3H3. The normalized spacial score (nSPS) is 23.3. The molecule has 1 saturated heterocycles. The molecule has 4 aliphatic rings. The summed E-state index contributed by atoms with van der Waals surface area (Å²) in [5.41, 5.74) is 5.49. The summed E-state index contributed by atoms with van der Waals surface area (Å²) in [5, 5.41) is 0.930. The Hall–Kier alpha value is -3.78. The van der Waals surface area contributed by atoms with Crippen molar-refractivity contribution in [1.82, 2.24) is 14.5 Å². The predicted octanol–water partition coefficient (Wildman–Crippen LogP) is 5.97. The zero-order chi connectivity index (χ0) is 30.6. The van der Waals surface area contributed by atoms with Crippen molar-refractivity contribution >= 4 is 22.8 Å². The zero-order valence-corrected chi connectivity index (χ0v) is 26.0. The van der Waals surface area contributed by atoms with Crippen LogP contribution in [-0.2, 0) is 39.3 Å². The van der Waals surface area contributed by atoms with E-state index in [1.165, 1.54) is 32.4 Å². The van der Waals surface area contributed by atoms with E-state index in [0.717, 1.165) is 76.7 Å². The van der Waals surface area contributed by atoms with Gasteiger partial charge >= 0.3 is 11.9 Å². The molecule has 2 aromatic heterocycles. The highest BCUT2D eigenvalue weighted by molar-refractivity contribution is 5.93. The first-order valence-corrected chi connectivity index (χ1v) is 16.4. The number of aryl methyl sites for hydroxylation is 1. The first-order valence-electron chi connectivity index (χ1n) is 16.4. The third-order valence-electron chi connectivity index (χ3n) is 10.6. The van der Waals surface area contributed by atoms with E-state index >= 15 is 0 Å². The number of aromatic nitrogens is 2. The molecule has 8 nitrogen and oxygen atoms in total. The van der Waals surface area contributed by atoms with Gasteiger partial charge in [0.25, 0.3) is 5.56 Å². The van der Waals surface area contributed by atoms with Crippen LogP contribution in [0.5, 0.6) is 5.75 Å². The number of ether oxygens (including phenoxy) is 2. The lowest BCUT2D eigenvalue weighted by Gasteiger charge is -2.34. The Morgan fingerprint density at radius 2 is 1.91 bits per heavy atom. The lowest BCUT2D eigenvalue weighted by Crippen LogP contribution is -2.42. The number of nitrogens with zero attached hydrogens (tertiary/aromatic N) is 3. The molecule has 1 fully saturated rings. The number of esters is 2. The van der Waals surface area contributed by atoms with Crippen molar-refractivity contribution in [2.75, 3.05) is 13.1 Å². The number of fused-ring (bicyclic) bond motifs is 5. The number of allylic oxidation sites excluding steroid dienone is 1. The third kappa shape index (κ3) is 4.69. The van der Waals surface area contributed by atoms with Gasteiger partial charge in [-0.25, -0.2) is 9.78 Å². The summed E-state index contributed by atoms with van der Waals surface area (Å²) in [6, 6.07) is 8.16. The number of benzene rings is 1. The molecule has 8 heteroatoms. The summed E-state index contributed by atoms with van der Waals surface area (Å²) in [4.78, 5) is 47.4. The van der Waals surface area contributed by atoms with Crippen molar-refractivity contribution in [3.05, 3.63) is 68.5 Å². The second-order valence-electron chi connectivity index (χ2n) is 13.0. The minimum Gasteiger partial charge on any atom is -0.460 e.